The number of nitrogens with zero attached hydrogens (tertiary/aromatic N) is 3. The van der Waals surface area contributed by atoms with Gasteiger partial charge in [-0.2, -0.15) is 4.98 Å². The molecule has 2 heterocycles. The second kappa shape index (κ2) is 10.0. The molecule has 2 aromatic heterocycles. The van der Waals surface area contributed by atoms with Gasteiger partial charge in [-0.25, -0.2) is 9.78 Å². The van der Waals surface area contributed by atoms with Crippen molar-refractivity contribution in [1.29, 1.82) is 0 Å². The minimum atomic E-state index is -0.559. The van der Waals surface area contributed by atoms with E-state index >= 15 is 0 Å². The number of fused-ring (bicyclic) bond motifs is 1. The molecule has 1 amide bonds. The number of ether oxygens (including phenoxy) is 3. The third-order valence-corrected chi connectivity index (χ3v) is 4.93. The van der Waals surface area contributed by atoms with Gasteiger partial charge in [-0.3, -0.25) is 0 Å². The molecule has 0 unspecified atom stereocenters. The molecule has 28 heavy (non-hydrogen) atoms. The lowest BCUT2D eigenvalue weighted by atomic mass is 10.2. The number of halogens is 2. The second-order valence-corrected chi connectivity index (χ2v) is 8.32. The highest BCUT2D eigenvalue weighted by Gasteiger charge is 2.25. The van der Waals surface area contributed by atoms with Gasteiger partial charge < -0.3 is 24.1 Å². The number of rotatable bonds is 8. The van der Waals surface area contributed by atoms with E-state index in [0.717, 1.165) is 14.7 Å². The summed E-state index contributed by atoms with van der Waals surface area (Å²) in [5.74, 6) is 0. The van der Waals surface area contributed by atoms with Crippen LogP contribution in [0.1, 0.15) is 46.6 Å². The number of hydrogen-bond acceptors (Lipinski definition) is 6. The average molecular weight is 525 g/mol. The molecule has 0 atom stereocenters. The van der Waals surface area contributed by atoms with E-state index in [4.69, 9.17) is 25.8 Å². The maximum atomic E-state index is 12.0. The number of carbonyl (C=O) groups excluding carboxylic acids is 1. The summed E-state index contributed by atoms with van der Waals surface area (Å²) in [4.78, 5) is 20.4. The zero-order chi connectivity index (χ0) is 20.9. The summed E-state index contributed by atoms with van der Waals surface area (Å²) in [7, 11) is 0. The molecule has 1 N–H and O–H groups in total. The van der Waals surface area contributed by atoms with Gasteiger partial charge >= 0.3 is 6.09 Å². The first-order valence-electron chi connectivity index (χ1n) is 9.08. The summed E-state index contributed by atoms with van der Waals surface area (Å²) in [6, 6.07) is 0. The molecule has 156 valence electrons. The monoisotopic (exact) mass is 524 g/mol. The Bertz CT molecular complexity index is 816. The predicted octanol–water partition coefficient (Wildman–Crippen LogP) is 4.29. The molecule has 0 saturated heterocycles. The van der Waals surface area contributed by atoms with Crippen molar-refractivity contribution in [3.05, 3.63) is 20.7 Å². The molecule has 0 aliphatic rings. The van der Waals surface area contributed by atoms with Crippen molar-refractivity contribution in [2.75, 3.05) is 19.8 Å². The zero-order valence-corrected chi connectivity index (χ0v) is 19.6. The van der Waals surface area contributed by atoms with Crippen molar-refractivity contribution < 1.29 is 19.0 Å². The number of alkyl carbamates (subject to hydrolysis) is 1. The van der Waals surface area contributed by atoms with E-state index in [9.17, 15) is 4.79 Å². The highest BCUT2D eigenvalue weighted by molar-refractivity contribution is 14.1. The van der Waals surface area contributed by atoms with Gasteiger partial charge in [0.2, 0.25) is 5.28 Å². The van der Waals surface area contributed by atoms with E-state index in [0.29, 0.717) is 32.0 Å². The van der Waals surface area contributed by atoms with Gasteiger partial charge in [-0.05, 0) is 68.8 Å². The van der Waals surface area contributed by atoms with Crippen LogP contribution in [0, 0.1) is 3.57 Å². The lowest BCUT2D eigenvalue weighted by molar-refractivity contribution is -0.144. The number of hydrogen-bond donors (Lipinski definition) is 1. The Kier molecular flexibility index (Phi) is 8.29. The van der Waals surface area contributed by atoms with Crippen molar-refractivity contribution in [3.8, 4) is 0 Å². The maximum Gasteiger partial charge on any atom is 0.407 e. The molecule has 0 spiro atoms. The first-order valence-corrected chi connectivity index (χ1v) is 10.5. The Morgan fingerprint density at radius 2 is 1.96 bits per heavy atom. The lowest BCUT2D eigenvalue weighted by Crippen LogP contribution is -2.34. The van der Waals surface area contributed by atoms with Gasteiger partial charge in [-0.15, -0.1) is 0 Å². The van der Waals surface area contributed by atoms with Crippen molar-refractivity contribution in [2.24, 2.45) is 0 Å². The largest absolute Gasteiger partial charge is 0.444 e. The van der Waals surface area contributed by atoms with Crippen LogP contribution >= 0.6 is 34.2 Å². The lowest BCUT2D eigenvalue weighted by Gasteiger charge is -2.21. The Balaban J connectivity index is 2.34. The Labute approximate surface area is 183 Å². The maximum absolute atomic E-state index is 12.0. The van der Waals surface area contributed by atoms with Gasteiger partial charge in [0.1, 0.15) is 11.2 Å². The molecule has 0 saturated carbocycles. The number of amides is 1. The highest BCUT2D eigenvalue weighted by atomic mass is 127. The first-order chi connectivity index (χ1) is 13.2. The fraction of sp³-hybridized carbons (Fsp3) is 0.611. The molecule has 2 aromatic rings. The van der Waals surface area contributed by atoms with Crippen molar-refractivity contribution in [1.82, 2.24) is 19.9 Å². The molecule has 8 nitrogen and oxygen atoms in total. The highest BCUT2D eigenvalue weighted by Crippen LogP contribution is 2.33. The summed E-state index contributed by atoms with van der Waals surface area (Å²) in [5, 5.41) is 3.76. The van der Waals surface area contributed by atoms with Crippen LogP contribution in [0.3, 0.4) is 0 Å². The molecule has 0 radical (unpaired) electrons. The summed E-state index contributed by atoms with van der Waals surface area (Å²) in [6.45, 7) is 11.0. The minimum Gasteiger partial charge on any atom is -0.444 e. The van der Waals surface area contributed by atoms with Gasteiger partial charge in [0.05, 0.1) is 14.7 Å². The summed E-state index contributed by atoms with van der Waals surface area (Å²) in [5.41, 5.74) is 0.928. The summed E-state index contributed by atoms with van der Waals surface area (Å²) >= 11 is 8.25. The molecule has 0 aromatic carbocycles. The molecule has 2 rings (SSSR count). The third kappa shape index (κ3) is 5.91. The topological polar surface area (TPSA) is 87.5 Å². The van der Waals surface area contributed by atoms with Crippen molar-refractivity contribution in [2.45, 2.75) is 53.1 Å². The van der Waals surface area contributed by atoms with Crippen LogP contribution in [0.5, 0.6) is 0 Å². The normalized spacial score (nSPS) is 12.0. The standard InChI is InChI=1S/C18H26ClIN4O4/c1-6-26-15(27-7-2)13-12(20)11-10-22-16(19)23-14(11)24(13)9-8-21-17(25)28-18(3,4)5/h10,15H,6-9H2,1-5H3,(H,21,25). The van der Waals surface area contributed by atoms with E-state index in [2.05, 4.69) is 37.9 Å². The van der Waals surface area contributed by atoms with E-state index in [1.165, 1.54) is 0 Å². The Hall–Kier alpha value is -1.17. The fourth-order valence-corrected chi connectivity index (χ4v) is 3.69. The number of nitrogens with one attached hydrogen (secondary N) is 1. The average Bonchev–Trinajstić information content (AvgIpc) is 2.85. The van der Waals surface area contributed by atoms with Crippen molar-refractivity contribution >= 4 is 51.3 Å². The number of aromatic nitrogens is 3. The van der Waals surface area contributed by atoms with Gasteiger partial charge in [0, 0.05) is 32.5 Å². The van der Waals surface area contributed by atoms with E-state index in [1.807, 2.05) is 39.2 Å². The fourth-order valence-electron chi connectivity index (χ4n) is 2.63. The summed E-state index contributed by atoms with van der Waals surface area (Å²) < 4.78 is 19.8. The van der Waals surface area contributed by atoms with Crippen LogP contribution < -0.4 is 5.32 Å². The van der Waals surface area contributed by atoms with E-state index < -0.39 is 18.0 Å². The first kappa shape index (κ1) is 23.1. The van der Waals surface area contributed by atoms with E-state index in [-0.39, 0.29) is 5.28 Å². The van der Waals surface area contributed by atoms with Crippen LogP contribution in [0.2, 0.25) is 5.28 Å². The van der Waals surface area contributed by atoms with Crippen LogP contribution in [0.4, 0.5) is 4.79 Å². The molecule has 10 heteroatoms. The van der Waals surface area contributed by atoms with Gasteiger partial charge in [0.15, 0.2) is 6.29 Å². The van der Waals surface area contributed by atoms with Crippen LogP contribution in [0.15, 0.2) is 6.20 Å². The van der Waals surface area contributed by atoms with E-state index in [1.54, 1.807) is 6.20 Å². The number of carbonyl (C=O) groups is 1. The smallest absolute Gasteiger partial charge is 0.407 e. The quantitative estimate of drug-likeness (QED) is 0.315. The molecular formula is C18H26ClIN4O4. The van der Waals surface area contributed by atoms with Gasteiger partial charge in [0.25, 0.3) is 0 Å². The Morgan fingerprint density at radius 3 is 2.54 bits per heavy atom. The third-order valence-electron chi connectivity index (χ3n) is 3.61. The minimum absolute atomic E-state index is 0.152. The SMILES string of the molecule is CCOC(OCC)c1c(I)c2cnc(Cl)nc2n1CCNC(=O)OC(C)(C)C. The van der Waals surface area contributed by atoms with Gasteiger partial charge in [-0.1, -0.05) is 0 Å². The van der Waals surface area contributed by atoms with Crippen LogP contribution in [-0.4, -0.2) is 46.0 Å². The van der Waals surface area contributed by atoms with Crippen LogP contribution in [0.25, 0.3) is 11.0 Å². The Morgan fingerprint density at radius 1 is 1.32 bits per heavy atom. The molecule has 0 fully saturated rings. The zero-order valence-electron chi connectivity index (χ0n) is 16.7. The summed E-state index contributed by atoms with van der Waals surface area (Å²) in [6.07, 6.45) is 0.651. The molecule has 0 bridgehead atoms. The van der Waals surface area contributed by atoms with Crippen LogP contribution in [-0.2, 0) is 20.8 Å². The molecule has 0 aliphatic carbocycles. The molecule has 0 aliphatic heterocycles. The second-order valence-electron chi connectivity index (χ2n) is 6.90. The predicted molar refractivity (Wildman–Crippen MR) is 115 cm³/mol. The van der Waals surface area contributed by atoms with Crippen molar-refractivity contribution in [3.63, 3.8) is 0 Å². The molecular weight excluding hydrogens is 499 g/mol.